The van der Waals surface area contributed by atoms with Gasteiger partial charge in [0.15, 0.2) is 5.13 Å². The van der Waals surface area contributed by atoms with Crippen molar-refractivity contribution in [1.29, 1.82) is 0 Å². The molecule has 0 bridgehead atoms. The fourth-order valence-corrected chi connectivity index (χ4v) is 2.54. The van der Waals surface area contributed by atoms with Gasteiger partial charge in [0.05, 0.1) is 6.42 Å². The lowest BCUT2D eigenvalue weighted by atomic mass is 10.2. The van der Waals surface area contributed by atoms with Gasteiger partial charge in [-0.1, -0.05) is 29.8 Å². The van der Waals surface area contributed by atoms with Gasteiger partial charge < -0.3 is 10.0 Å². The molecule has 19 heavy (non-hydrogen) atoms. The van der Waals surface area contributed by atoms with Crippen molar-refractivity contribution in [1.82, 2.24) is 4.98 Å². The number of rotatable bonds is 6. The third-order valence-electron chi connectivity index (χ3n) is 2.60. The van der Waals surface area contributed by atoms with Gasteiger partial charge in [-0.15, -0.1) is 11.3 Å². The molecule has 0 fully saturated rings. The van der Waals surface area contributed by atoms with Crippen LogP contribution in [0.5, 0.6) is 0 Å². The minimum Gasteiger partial charge on any atom is -0.481 e. The second-order valence-electron chi connectivity index (χ2n) is 3.97. The first-order valence-corrected chi connectivity index (χ1v) is 7.02. The monoisotopic (exact) mass is 296 g/mol. The Morgan fingerprint density at radius 3 is 2.84 bits per heavy atom. The minimum atomic E-state index is -0.819. The number of thiazole rings is 1. The molecule has 0 unspecified atom stereocenters. The molecule has 0 saturated carbocycles. The van der Waals surface area contributed by atoms with Crippen LogP contribution < -0.4 is 4.90 Å². The maximum absolute atomic E-state index is 10.7. The minimum absolute atomic E-state index is 0.0734. The largest absolute Gasteiger partial charge is 0.481 e. The summed E-state index contributed by atoms with van der Waals surface area (Å²) in [7, 11) is 0. The van der Waals surface area contributed by atoms with Crippen LogP contribution in [0.1, 0.15) is 12.0 Å². The highest BCUT2D eigenvalue weighted by molar-refractivity contribution is 7.13. The summed E-state index contributed by atoms with van der Waals surface area (Å²) in [4.78, 5) is 16.9. The van der Waals surface area contributed by atoms with E-state index in [2.05, 4.69) is 4.98 Å². The Morgan fingerprint density at radius 1 is 1.42 bits per heavy atom. The molecule has 0 aliphatic heterocycles. The van der Waals surface area contributed by atoms with Gasteiger partial charge in [0.1, 0.15) is 0 Å². The number of carboxylic acids is 1. The lowest BCUT2D eigenvalue weighted by Gasteiger charge is -2.21. The first-order valence-electron chi connectivity index (χ1n) is 5.76. The molecule has 0 aliphatic rings. The van der Waals surface area contributed by atoms with E-state index in [1.54, 1.807) is 6.20 Å². The van der Waals surface area contributed by atoms with Gasteiger partial charge >= 0.3 is 5.97 Å². The van der Waals surface area contributed by atoms with Crippen LogP contribution in [0.2, 0.25) is 5.02 Å². The third-order valence-corrected chi connectivity index (χ3v) is 3.81. The Kier molecular flexibility index (Phi) is 4.76. The molecular weight excluding hydrogens is 284 g/mol. The Morgan fingerprint density at radius 2 is 2.21 bits per heavy atom. The van der Waals surface area contributed by atoms with Gasteiger partial charge in [-0.2, -0.15) is 0 Å². The summed E-state index contributed by atoms with van der Waals surface area (Å²) in [6.45, 7) is 0.967. The number of nitrogens with zero attached hydrogens (tertiary/aromatic N) is 2. The number of benzene rings is 1. The zero-order chi connectivity index (χ0) is 13.7. The summed E-state index contributed by atoms with van der Waals surface area (Å²) in [6, 6.07) is 7.55. The molecule has 0 saturated heterocycles. The van der Waals surface area contributed by atoms with Crippen LogP contribution >= 0.6 is 22.9 Å². The van der Waals surface area contributed by atoms with E-state index in [1.807, 2.05) is 34.5 Å². The molecule has 0 aliphatic carbocycles. The maximum Gasteiger partial charge on any atom is 0.305 e. The number of carboxylic acid groups (broad SMARTS) is 1. The van der Waals surface area contributed by atoms with Crippen molar-refractivity contribution >= 4 is 34.0 Å². The van der Waals surface area contributed by atoms with Gasteiger partial charge in [0.25, 0.3) is 0 Å². The third kappa shape index (κ3) is 3.94. The second kappa shape index (κ2) is 6.54. The Bertz CT molecular complexity index is 545. The number of hydrogen-bond acceptors (Lipinski definition) is 4. The molecule has 1 aromatic heterocycles. The number of aromatic nitrogens is 1. The number of halogens is 1. The quantitative estimate of drug-likeness (QED) is 0.889. The molecule has 1 aromatic carbocycles. The van der Waals surface area contributed by atoms with Crippen molar-refractivity contribution in [2.24, 2.45) is 0 Å². The molecule has 2 aromatic rings. The van der Waals surface area contributed by atoms with Gasteiger partial charge in [-0.05, 0) is 11.6 Å². The topological polar surface area (TPSA) is 53.4 Å². The molecule has 100 valence electrons. The van der Waals surface area contributed by atoms with Crippen LogP contribution in [0.3, 0.4) is 0 Å². The normalized spacial score (nSPS) is 10.4. The smallest absolute Gasteiger partial charge is 0.305 e. The Balaban J connectivity index is 2.14. The van der Waals surface area contributed by atoms with E-state index in [-0.39, 0.29) is 6.42 Å². The first kappa shape index (κ1) is 13.8. The summed E-state index contributed by atoms with van der Waals surface area (Å²) in [5, 5.41) is 12.2. The molecule has 0 amide bonds. The zero-order valence-corrected chi connectivity index (χ0v) is 11.7. The second-order valence-corrected chi connectivity index (χ2v) is 5.25. The van der Waals surface area contributed by atoms with Crippen molar-refractivity contribution in [3.63, 3.8) is 0 Å². The first-order chi connectivity index (χ1) is 9.16. The molecule has 1 N–H and O–H groups in total. The van der Waals surface area contributed by atoms with Crippen molar-refractivity contribution in [2.45, 2.75) is 13.0 Å². The van der Waals surface area contributed by atoms with Gasteiger partial charge in [-0.25, -0.2) is 4.98 Å². The molecule has 4 nitrogen and oxygen atoms in total. The van der Waals surface area contributed by atoms with E-state index >= 15 is 0 Å². The van der Waals surface area contributed by atoms with Crippen LogP contribution in [0.25, 0.3) is 0 Å². The number of carbonyl (C=O) groups is 1. The maximum atomic E-state index is 10.7. The number of hydrogen-bond donors (Lipinski definition) is 1. The van der Waals surface area contributed by atoms with Crippen LogP contribution in [0.15, 0.2) is 35.8 Å². The fraction of sp³-hybridized carbons (Fsp3) is 0.231. The zero-order valence-electron chi connectivity index (χ0n) is 10.1. The predicted molar refractivity (Wildman–Crippen MR) is 76.9 cm³/mol. The summed E-state index contributed by atoms with van der Waals surface area (Å²) in [5.41, 5.74) is 0.963. The van der Waals surface area contributed by atoms with E-state index in [0.717, 1.165) is 10.7 Å². The summed E-state index contributed by atoms with van der Waals surface area (Å²) in [5.74, 6) is -0.819. The lowest BCUT2D eigenvalue weighted by molar-refractivity contribution is -0.136. The van der Waals surface area contributed by atoms with E-state index in [0.29, 0.717) is 18.1 Å². The van der Waals surface area contributed by atoms with Crippen molar-refractivity contribution in [3.05, 3.63) is 46.4 Å². The predicted octanol–water partition coefficient (Wildman–Crippen LogP) is 3.28. The number of anilines is 1. The van der Waals surface area contributed by atoms with Crippen molar-refractivity contribution in [2.75, 3.05) is 11.4 Å². The summed E-state index contributed by atoms with van der Waals surface area (Å²) < 4.78 is 0. The molecule has 6 heteroatoms. The van der Waals surface area contributed by atoms with E-state index < -0.39 is 5.97 Å². The SMILES string of the molecule is O=C(O)CCN(Cc1ccccc1Cl)c1nccs1. The van der Waals surface area contributed by atoms with Gasteiger partial charge in [-0.3, -0.25) is 4.79 Å². The number of aliphatic carboxylic acids is 1. The van der Waals surface area contributed by atoms with Gasteiger partial charge in [0, 0.05) is 29.7 Å². The van der Waals surface area contributed by atoms with Crippen molar-refractivity contribution < 1.29 is 9.90 Å². The molecule has 2 rings (SSSR count). The van der Waals surface area contributed by atoms with E-state index in [1.165, 1.54) is 11.3 Å². The van der Waals surface area contributed by atoms with Crippen LogP contribution in [0.4, 0.5) is 5.13 Å². The molecular formula is C13H13ClN2O2S. The van der Waals surface area contributed by atoms with Gasteiger partial charge in [0.2, 0.25) is 0 Å². The van der Waals surface area contributed by atoms with Crippen LogP contribution in [-0.2, 0) is 11.3 Å². The molecule has 0 spiro atoms. The van der Waals surface area contributed by atoms with Crippen LogP contribution in [0, 0.1) is 0 Å². The van der Waals surface area contributed by atoms with E-state index in [4.69, 9.17) is 16.7 Å². The molecule has 0 atom stereocenters. The average molecular weight is 297 g/mol. The standard InChI is InChI=1S/C13H13ClN2O2S/c14-11-4-2-1-3-10(11)9-16(7-5-12(17)18)13-15-6-8-19-13/h1-4,6,8H,5,7,9H2,(H,17,18). The highest BCUT2D eigenvalue weighted by Crippen LogP contribution is 2.23. The highest BCUT2D eigenvalue weighted by atomic mass is 35.5. The van der Waals surface area contributed by atoms with E-state index in [9.17, 15) is 4.79 Å². The highest BCUT2D eigenvalue weighted by Gasteiger charge is 2.13. The summed E-state index contributed by atoms with van der Waals surface area (Å²) >= 11 is 7.62. The van der Waals surface area contributed by atoms with Crippen molar-refractivity contribution in [3.8, 4) is 0 Å². The fourth-order valence-electron chi connectivity index (χ4n) is 1.68. The summed E-state index contributed by atoms with van der Waals surface area (Å²) in [6.07, 6.45) is 1.78. The molecule has 1 heterocycles. The average Bonchev–Trinajstić information content (AvgIpc) is 2.90. The lowest BCUT2D eigenvalue weighted by Crippen LogP contribution is -2.25. The Hall–Kier alpha value is -1.59. The molecule has 0 radical (unpaired) electrons. The Labute approximate surface area is 120 Å². The van der Waals surface area contributed by atoms with Crippen LogP contribution in [-0.4, -0.2) is 22.6 Å².